The van der Waals surface area contributed by atoms with Crippen LogP contribution in [0, 0.1) is 4.78 Å². The van der Waals surface area contributed by atoms with Crippen LogP contribution in [0.5, 0.6) is 0 Å². The Balaban J connectivity index is 1.41. The number of amides is 2. The van der Waals surface area contributed by atoms with Gasteiger partial charge in [-0.3, -0.25) is 4.68 Å². The first-order valence-electron chi connectivity index (χ1n) is 10.1. The molecule has 148 valence electrons. The number of rotatable bonds is 3. The summed E-state index contributed by atoms with van der Waals surface area (Å²) in [5.74, 6) is 0. The number of aromatic nitrogens is 2. The fourth-order valence-corrected chi connectivity index (χ4v) is 6.08. The Kier molecular flexibility index (Phi) is 4.19. The van der Waals surface area contributed by atoms with Gasteiger partial charge in [0.25, 0.3) is 0 Å². The second-order valence-electron chi connectivity index (χ2n) is 7.98. The van der Waals surface area contributed by atoms with E-state index in [9.17, 15) is 9.00 Å². The van der Waals surface area contributed by atoms with Crippen molar-refractivity contribution in [1.29, 1.82) is 4.78 Å². The van der Waals surface area contributed by atoms with Crippen LogP contribution in [-0.4, -0.2) is 20.0 Å². The number of aryl methyl sites for hydroxylation is 3. The molecule has 0 radical (unpaired) electrons. The minimum absolute atomic E-state index is 0.339. The fourth-order valence-electron chi connectivity index (χ4n) is 4.92. The highest BCUT2D eigenvalue weighted by molar-refractivity contribution is 7.91. The Hall–Kier alpha value is -2.35. The molecular weight excluding hydrogens is 374 g/mol. The van der Waals surface area contributed by atoms with E-state index in [1.165, 1.54) is 28.5 Å². The summed E-state index contributed by atoms with van der Waals surface area (Å²) in [6.07, 6.45) is 10.5. The molecule has 3 aliphatic rings. The average Bonchev–Trinajstić information content (AvgIpc) is 3.39. The zero-order chi connectivity index (χ0) is 19.3. The molecule has 28 heavy (non-hydrogen) atoms. The number of hydrogen-bond donors (Lipinski definition) is 3. The molecule has 2 amide bonds. The van der Waals surface area contributed by atoms with Crippen molar-refractivity contribution in [1.82, 2.24) is 14.5 Å². The van der Waals surface area contributed by atoms with Crippen molar-refractivity contribution in [2.45, 2.75) is 69.2 Å². The molecule has 1 aromatic heterocycles. The average molecular weight is 400 g/mol. The van der Waals surface area contributed by atoms with Gasteiger partial charge in [0.2, 0.25) is 0 Å². The third kappa shape index (κ3) is 2.90. The van der Waals surface area contributed by atoms with Gasteiger partial charge in [-0.2, -0.15) is 5.10 Å². The quantitative estimate of drug-likeness (QED) is 0.738. The van der Waals surface area contributed by atoms with Gasteiger partial charge in [0.1, 0.15) is 4.90 Å². The molecule has 1 aromatic carbocycles. The predicted molar refractivity (Wildman–Crippen MR) is 107 cm³/mol. The first-order valence-corrected chi connectivity index (χ1v) is 11.7. The van der Waals surface area contributed by atoms with Crippen LogP contribution in [0.1, 0.15) is 53.6 Å². The van der Waals surface area contributed by atoms with E-state index in [2.05, 4.69) is 21.2 Å². The molecule has 8 heteroatoms. The lowest BCUT2D eigenvalue weighted by molar-refractivity contribution is 0.256. The van der Waals surface area contributed by atoms with Crippen LogP contribution in [0.4, 0.5) is 10.5 Å². The summed E-state index contributed by atoms with van der Waals surface area (Å²) < 4.78 is 25.6. The van der Waals surface area contributed by atoms with Crippen molar-refractivity contribution < 1.29 is 9.00 Å². The van der Waals surface area contributed by atoms with Crippen LogP contribution in [0.3, 0.4) is 0 Å². The number of anilines is 1. The van der Waals surface area contributed by atoms with Crippen molar-refractivity contribution in [3.8, 4) is 0 Å². The molecule has 7 nitrogen and oxygen atoms in total. The summed E-state index contributed by atoms with van der Waals surface area (Å²) in [5, 5.41) is 7.22. The van der Waals surface area contributed by atoms with Gasteiger partial charge in [-0.05, 0) is 80.0 Å². The molecule has 3 N–H and O–H groups in total. The van der Waals surface area contributed by atoms with Gasteiger partial charge in [-0.15, -0.1) is 0 Å². The number of hydrogen-bond acceptors (Lipinski definition) is 4. The molecule has 0 saturated carbocycles. The second kappa shape index (κ2) is 6.62. The van der Waals surface area contributed by atoms with Crippen LogP contribution >= 0.6 is 0 Å². The maximum absolute atomic E-state index is 13.0. The molecule has 0 fully saturated rings. The highest BCUT2D eigenvalue weighted by atomic mass is 32.2. The minimum atomic E-state index is -3.45. The van der Waals surface area contributed by atoms with Crippen LogP contribution < -0.4 is 10.0 Å². The van der Waals surface area contributed by atoms with E-state index >= 15 is 0 Å². The van der Waals surface area contributed by atoms with Gasteiger partial charge in [-0.1, -0.05) is 6.07 Å². The van der Waals surface area contributed by atoms with E-state index in [1.807, 2.05) is 4.68 Å². The SMILES string of the molecule is N=S(=O)(NC(=O)Nc1c2c(cc3c1CCC3)CCC2)c1cnn2c1CCCC2. The first-order chi connectivity index (χ1) is 13.5. The summed E-state index contributed by atoms with van der Waals surface area (Å²) in [6.45, 7) is 0.777. The third-order valence-corrected chi connectivity index (χ3v) is 7.63. The number of carbonyl (C=O) groups is 1. The monoisotopic (exact) mass is 399 g/mol. The van der Waals surface area contributed by atoms with Crippen molar-refractivity contribution in [3.05, 3.63) is 40.2 Å². The van der Waals surface area contributed by atoms with E-state index in [4.69, 9.17) is 4.78 Å². The summed E-state index contributed by atoms with van der Waals surface area (Å²) in [7, 11) is -3.45. The number of benzene rings is 1. The van der Waals surface area contributed by atoms with E-state index in [-0.39, 0.29) is 0 Å². The van der Waals surface area contributed by atoms with E-state index in [0.717, 1.165) is 75.7 Å². The maximum atomic E-state index is 13.0. The molecule has 2 heterocycles. The molecule has 2 aliphatic carbocycles. The van der Waals surface area contributed by atoms with Crippen LogP contribution in [0.2, 0.25) is 0 Å². The predicted octanol–water partition coefficient (Wildman–Crippen LogP) is 3.34. The Bertz CT molecular complexity index is 1040. The van der Waals surface area contributed by atoms with Gasteiger partial charge >= 0.3 is 6.03 Å². The lowest BCUT2D eigenvalue weighted by Crippen LogP contribution is -2.34. The number of nitrogens with one attached hydrogen (secondary N) is 3. The number of carbonyl (C=O) groups excluding carboxylic acids is 1. The summed E-state index contributed by atoms with van der Waals surface area (Å²) in [4.78, 5) is 13.1. The van der Waals surface area contributed by atoms with Crippen molar-refractivity contribution in [3.63, 3.8) is 0 Å². The largest absolute Gasteiger partial charge is 0.331 e. The smallest absolute Gasteiger partial charge is 0.307 e. The number of nitrogens with zero attached hydrogens (tertiary/aromatic N) is 2. The summed E-state index contributed by atoms with van der Waals surface area (Å²) in [5.41, 5.74) is 6.80. The fraction of sp³-hybridized carbons (Fsp3) is 0.500. The van der Waals surface area contributed by atoms with Crippen molar-refractivity contribution in [2.24, 2.45) is 0 Å². The van der Waals surface area contributed by atoms with Crippen LogP contribution in [0.25, 0.3) is 0 Å². The van der Waals surface area contributed by atoms with E-state index in [0.29, 0.717) is 4.90 Å². The normalized spacial score (nSPS) is 19.4. The van der Waals surface area contributed by atoms with Gasteiger partial charge < -0.3 is 5.32 Å². The molecule has 5 rings (SSSR count). The molecular formula is C20H25N5O2S. The van der Waals surface area contributed by atoms with Gasteiger partial charge in [0.15, 0.2) is 9.92 Å². The highest BCUT2D eigenvalue weighted by Gasteiger charge is 2.27. The molecule has 1 unspecified atom stereocenters. The Morgan fingerprint density at radius 3 is 2.46 bits per heavy atom. The maximum Gasteiger partial charge on any atom is 0.331 e. The highest BCUT2D eigenvalue weighted by Crippen LogP contribution is 2.38. The number of fused-ring (bicyclic) bond motifs is 3. The topological polar surface area (TPSA) is 99.9 Å². The van der Waals surface area contributed by atoms with E-state index in [1.54, 1.807) is 0 Å². The summed E-state index contributed by atoms with van der Waals surface area (Å²) >= 11 is 0. The molecule has 0 saturated heterocycles. The van der Waals surface area contributed by atoms with Gasteiger partial charge in [0, 0.05) is 12.2 Å². The first kappa shape index (κ1) is 17.7. The van der Waals surface area contributed by atoms with Crippen molar-refractivity contribution >= 4 is 21.6 Å². The van der Waals surface area contributed by atoms with E-state index < -0.39 is 15.9 Å². The Morgan fingerprint density at radius 1 is 1.04 bits per heavy atom. The second-order valence-corrected chi connectivity index (χ2v) is 9.74. The zero-order valence-electron chi connectivity index (χ0n) is 15.8. The molecule has 2 aromatic rings. The van der Waals surface area contributed by atoms with Gasteiger partial charge in [0.05, 0.1) is 11.9 Å². The van der Waals surface area contributed by atoms with Crippen LogP contribution in [-0.2, 0) is 48.6 Å². The zero-order valence-corrected chi connectivity index (χ0v) is 16.7. The number of urea groups is 1. The molecule has 0 spiro atoms. The molecule has 0 bridgehead atoms. The standard InChI is InChI=1S/C20H25N5O2S/c21-28(27,18-12-22-25-10-2-1-9-17(18)25)24-20(26)23-19-15-7-3-5-13(15)11-14-6-4-8-16(14)19/h11-12H,1-10H2,(H3,21,23,24,26,27). The van der Waals surface area contributed by atoms with Crippen molar-refractivity contribution in [2.75, 3.05) is 5.32 Å². The molecule has 1 aliphatic heterocycles. The summed E-state index contributed by atoms with van der Waals surface area (Å²) in [6, 6.07) is 1.74. The lowest BCUT2D eigenvalue weighted by atomic mass is 9.99. The minimum Gasteiger partial charge on any atom is -0.307 e. The van der Waals surface area contributed by atoms with Gasteiger partial charge in [-0.25, -0.2) is 18.5 Å². The lowest BCUT2D eigenvalue weighted by Gasteiger charge is -2.18. The Labute approximate surface area is 165 Å². The Morgan fingerprint density at radius 2 is 1.75 bits per heavy atom. The van der Waals surface area contributed by atoms with Crippen LogP contribution in [0.15, 0.2) is 17.2 Å². The molecule has 1 atom stereocenters. The third-order valence-electron chi connectivity index (χ3n) is 6.20.